The second-order valence-electron chi connectivity index (χ2n) is 7.76. The molecule has 0 aliphatic carbocycles. The van der Waals surface area contributed by atoms with E-state index >= 15 is 0 Å². The first-order valence-corrected chi connectivity index (χ1v) is 10.8. The molecular weight excluding hydrogens is 411 g/mol. The molecule has 0 radical (unpaired) electrons. The van der Waals surface area contributed by atoms with Crippen molar-refractivity contribution < 1.29 is 27.4 Å². The van der Waals surface area contributed by atoms with E-state index in [9.17, 15) is 13.2 Å². The van der Waals surface area contributed by atoms with Gasteiger partial charge in [0.2, 0.25) is 0 Å². The molecule has 0 saturated carbocycles. The van der Waals surface area contributed by atoms with Crippen LogP contribution in [0.25, 0.3) is 0 Å². The van der Waals surface area contributed by atoms with Crippen LogP contribution in [-0.4, -0.2) is 51.6 Å². The van der Waals surface area contributed by atoms with Gasteiger partial charge in [-0.1, -0.05) is 6.07 Å². The number of benzene rings is 1. The molecule has 0 amide bonds. The van der Waals surface area contributed by atoms with Crippen molar-refractivity contribution in [2.75, 3.05) is 39.5 Å². The highest BCUT2D eigenvalue weighted by atomic mass is 19.4. The highest BCUT2D eigenvalue weighted by Gasteiger charge is 2.33. The van der Waals surface area contributed by atoms with Crippen LogP contribution in [0.5, 0.6) is 5.75 Å². The van der Waals surface area contributed by atoms with Gasteiger partial charge >= 0.3 is 6.18 Å². The third-order valence-corrected chi connectivity index (χ3v) is 4.65. The van der Waals surface area contributed by atoms with Crippen molar-refractivity contribution in [2.45, 2.75) is 52.4 Å². The van der Waals surface area contributed by atoms with Crippen molar-refractivity contribution in [3.8, 4) is 5.75 Å². The standard InChI is InChI=1S/C22H34F3N3O3/c1-4-26-21(27-9-5-10-29-14-17-8-11-30-15-17)28-13-18-6-7-19(31-16(2)3)12-20(18)22(23,24)25/h6-7,12,16-17H,4-5,8-11,13-15H2,1-3H3,(H2,26,27,28). The van der Waals surface area contributed by atoms with E-state index in [1.807, 2.05) is 6.92 Å². The van der Waals surface area contributed by atoms with Crippen molar-refractivity contribution in [1.29, 1.82) is 0 Å². The number of guanidine groups is 1. The normalized spacial score (nSPS) is 17.3. The molecule has 0 spiro atoms. The summed E-state index contributed by atoms with van der Waals surface area (Å²) in [6, 6.07) is 4.01. The Morgan fingerprint density at radius 2 is 2.10 bits per heavy atom. The average Bonchev–Trinajstić information content (AvgIpc) is 3.21. The summed E-state index contributed by atoms with van der Waals surface area (Å²) >= 11 is 0. The molecule has 31 heavy (non-hydrogen) atoms. The van der Waals surface area contributed by atoms with Gasteiger partial charge in [-0.3, -0.25) is 0 Å². The minimum atomic E-state index is -4.48. The number of halogens is 3. The molecule has 1 aliphatic rings. The van der Waals surface area contributed by atoms with Crippen LogP contribution >= 0.6 is 0 Å². The first kappa shape index (κ1) is 25.3. The molecule has 1 aromatic carbocycles. The summed E-state index contributed by atoms with van der Waals surface area (Å²) < 4.78 is 56.9. The van der Waals surface area contributed by atoms with Gasteiger partial charge in [0.05, 0.1) is 31.4 Å². The molecule has 2 N–H and O–H groups in total. The summed E-state index contributed by atoms with van der Waals surface area (Å²) in [4.78, 5) is 4.33. The predicted octanol–water partition coefficient (Wildman–Crippen LogP) is 3.99. The predicted molar refractivity (Wildman–Crippen MR) is 114 cm³/mol. The summed E-state index contributed by atoms with van der Waals surface area (Å²) in [6.45, 7) is 9.46. The number of nitrogens with one attached hydrogen (secondary N) is 2. The largest absolute Gasteiger partial charge is 0.491 e. The molecule has 6 nitrogen and oxygen atoms in total. The van der Waals surface area contributed by atoms with Crippen molar-refractivity contribution in [3.63, 3.8) is 0 Å². The number of aliphatic imine (C=N–C) groups is 1. The van der Waals surface area contributed by atoms with Crippen molar-refractivity contribution >= 4 is 5.96 Å². The maximum Gasteiger partial charge on any atom is 0.416 e. The number of alkyl halides is 3. The van der Waals surface area contributed by atoms with Gasteiger partial charge < -0.3 is 24.8 Å². The molecule has 1 aliphatic heterocycles. The molecule has 1 heterocycles. The zero-order chi connectivity index (χ0) is 22.7. The fourth-order valence-electron chi connectivity index (χ4n) is 3.15. The van der Waals surface area contributed by atoms with E-state index in [4.69, 9.17) is 14.2 Å². The Labute approximate surface area is 182 Å². The van der Waals surface area contributed by atoms with Crippen LogP contribution in [0, 0.1) is 5.92 Å². The fourth-order valence-corrected chi connectivity index (χ4v) is 3.15. The van der Waals surface area contributed by atoms with E-state index in [2.05, 4.69) is 15.6 Å². The number of rotatable bonds is 11. The number of hydrogen-bond donors (Lipinski definition) is 2. The van der Waals surface area contributed by atoms with Crippen molar-refractivity contribution in [2.24, 2.45) is 10.9 Å². The molecule has 9 heteroatoms. The van der Waals surface area contributed by atoms with E-state index in [-0.39, 0.29) is 24.0 Å². The summed E-state index contributed by atoms with van der Waals surface area (Å²) in [7, 11) is 0. The Balaban J connectivity index is 1.89. The lowest BCUT2D eigenvalue weighted by molar-refractivity contribution is -0.138. The third-order valence-electron chi connectivity index (χ3n) is 4.65. The van der Waals surface area contributed by atoms with Gasteiger partial charge in [-0.25, -0.2) is 4.99 Å². The third kappa shape index (κ3) is 9.35. The average molecular weight is 446 g/mol. The molecule has 1 atom stereocenters. The second-order valence-corrected chi connectivity index (χ2v) is 7.76. The van der Waals surface area contributed by atoms with Gasteiger partial charge in [-0.2, -0.15) is 13.2 Å². The molecular formula is C22H34F3N3O3. The number of hydrogen-bond acceptors (Lipinski definition) is 4. The van der Waals surface area contributed by atoms with Crippen LogP contribution in [0.3, 0.4) is 0 Å². The van der Waals surface area contributed by atoms with Crippen LogP contribution in [0.2, 0.25) is 0 Å². The fraction of sp³-hybridized carbons (Fsp3) is 0.682. The van der Waals surface area contributed by atoms with Gasteiger partial charge in [0.15, 0.2) is 5.96 Å². The smallest absolute Gasteiger partial charge is 0.416 e. The highest BCUT2D eigenvalue weighted by Crippen LogP contribution is 2.35. The first-order chi connectivity index (χ1) is 14.8. The lowest BCUT2D eigenvalue weighted by Gasteiger charge is -2.16. The molecule has 1 aromatic rings. The molecule has 1 unspecified atom stereocenters. The van der Waals surface area contributed by atoms with Gasteiger partial charge in [-0.15, -0.1) is 0 Å². The van der Waals surface area contributed by atoms with Crippen LogP contribution < -0.4 is 15.4 Å². The van der Waals surface area contributed by atoms with E-state index in [0.717, 1.165) is 32.1 Å². The molecule has 176 valence electrons. The minimum Gasteiger partial charge on any atom is -0.491 e. The van der Waals surface area contributed by atoms with Gasteiger partial charge in [0.1, 0.15) is 5.75 Å². The van der Waals surface area contributed by atoms with Crippen molar-refractivity contribution in [3.05, 3.63) is 29.3 Å². The lowest BCUT2D eigenvalue weighted by Crippen LogP contribution is -2.38. The Bertz CT molecular complexity index is 690. The summed E-state index contributed by atoms with van der Waals surface area (Å²) in [6.07, 6.45) is -2.87. The van der Waals surface area contributed by atoms with E-state index in [1.165, 1.54) is 6.07 Å². The maximum absolute atomic E-state index is 13.5. The lowest BCUT2D eigenvalue weighted by atomic mass is 10.1. The summed E-state index contributed by atoms with van der Waals surface area (Å²) in [5, 5.41) is 6.20. The molecule has 0 bridgehead atoms. The Morgan fingerprint density at radius 3 is 2.74 bits per heavy atom. The first-order valence-electron chi connectivity index (χ1n) is 10.8. The SMILES string of the molecule is CCNC(=NCc1ccc(OC(C)C)cc1C(F)(F)F)NCCCOCC1CCOC1. The second kappa shape index (κ2) is 12.8. The number of ether oxygens (including phenoxy) is 3. The van der Waals surface area contributed by atoms with Crippen LogP contribution in [0.1, 0.15) is 44.7 Å². The molecule has 0 aromatic heterocycles. The quantitative estimate of drug-likeness (QED) is 0.306. The van der Waals surface area contributed by atoms with Crippen LogP contribution in [0.15, 0.2) is 23.2 Å². The van der Waals surface area contributed by atoms with Gasteiger partial charge in [-0.05, 0) is 51.3 Å². The molecule has 1 saturated heterocycles. The Morgan fingerprint density at radius 1 is 1.29 bits per heavy atom. The van der Waals surface area contributed by atoms with E-state index in [1.54, 1.807) is 19.9 Å². The molecule has 1 fully saturated rings. The highest BCUT2D eigenvalue weighted by molar-refractivity contribution is 5.79. The Kier molecular flexibility index (Phi) is 10.4. The maximum atomic E-state index is 13.5. The zero-order valence-electron chi connectivity index (χ0n) is 18.6. The monoisotopic (exact) mass is 445 g/mol. The van der Waals surface area contributed by atoms with Crippen LogP contribution in [0.4, 0.5) is 13.2 Å². The van der Waals surface area contributed by atoms with Crippen molar-refractivity contribution in [1.82, 2.24) is 10.6 Å². The topological polar surface area (TPSA) is 64.1 Å². The van der Waals surface area contributed by atoms with Gasteiger partial charge in [0, 0.05) is 32.2 Å². The van der Waals surface area contributed by atoms with Crippen LogP contribution in [-0.2, 0) is 22.2 Å². The zero-order valence-corrected chi connectivity index (χ0v) is 18.6. The van der Waals surface area contributed by atoms with E-state index in [0.29, 0.717) is 38.2 Å². The minimum absolute atomic E-state index is 0.0929. The molecule has 2 rings (SSSR count). The Hall–Kier alpha value is -2.00. The summed E-state index contributed by atoms with van der Waals surface area (Å²) in [5.41, 5.74) is -0.627. The number of nitrogens with zero attached hydrogens (tertiary/aromatic N) is 1. The summed E-state index contributed by atoms with van der Waals surface area (Å²) in [5.74, 6) is 1.15. The van der Waals surface area contributed by atoms with Gasteiger partial charge in [0.25, 0.3) is 0 Å². The van der Waals surface area contributed by atoms with E-state index < -0.39 is 11.7 Å².